The summed E-state index contributed by atoms with van der Waals surface area (Å²) in [5.41, 5.74) is 7.20. The highest BCUT2D eigenvalue weighted by Gasteiger charge is 2.19. The monoisotopic (exact) mass is 127 g/mol. The first-order valence-electron chi connectivity index (χ1n) is 2.65. The number of aliphatic hydroxyl groups is 1. The van der Waals surface area contributed by atoms with E-state index in [9.17, 15) is 0 Å². The van der Waals surface area contributed by atoms with Crippen molar-refractivity contribution >= 4 is 6.21 Å². The van der Waals surface area contributed by atoms with Crippen LogP contribution >= 0.6 is 0 Å². The zero-order chi connectivity index (χ0) is 6.74. The Morgan fingerprint density at radius 1 is 1.78 bits per heavy atom. The van der Waals surface area contributed by atoms with E-state index in [-0.39, 0.29) is 6.61 Å². The molecule has 1 atom stereocenters. The van der Waals surface area contributed by atoms with Gasteiger partial charge < -0.3 is 10.8 Å². The zero-order valence-electron chi connectivity index (χ0n) is 4.91. The Morgan fingerprint density at radius 2 is 2.56 bits per heavy atom. The van der Waals surface area contributed by atoms with Crippen molar-refractivity contribution in [1.29, 1.82) is 0 Å². The summed E-state index contributed by atoms with van der Waals surface area (Å²) < 4.78 is 0. The number of hydrogen-bond donors (Lipinski definition) is 3. The van der Waals surface area contributed by atoms with Crippen molar-refractivity contribution in [3.05, 3.63) is 12.2 Å². The number of hydrogen-bond acceptors (Lipinski definition) is 4. The summed E-state index contributed by atoms with van der Waals surface area (Å²) in [5.74, 6) is 0. The number of allylic oxidation sites excluding steroid dienone is 1. The molecule has 0 amide bonds. The van der Waals surface area contributed by atoms with Crippen LogP contribution in [0, 0.1) is 0 Å². The van der Waals surface area contributed by atoms with Crippen molar-refractivity contribution in [3.63, 3.8) is 0 Å². The lowest BCUT2D eigenvalue weighted by molar-refractivity contribution is 0.201. The predicted molar refractivity (Wildman–Crippen MR) is 34.8 cm³/mol. The number of aliphatic hydroxyl groups excluding tert-OH is 1. The summed E-state index contributed by atoms with van der Waals surface area (Å²) in [6.45, 7) is -0.152. The smallest absolute Gasteiger partial charge is 0.144 e. The molecular weight excluding hydrogens is 118 g/mol. The second kappa shape index (κ2) is 2.16. The quantitative estimate of drug-likeness (QED) is 0.413. The number of nitrogens with two attached hydrogens (primary N) is 1. The van der Waals surface area contributed by atoms with Gasteiger partial charge >= 0.3 is 0 Å². The summed E-state index contributed by atoms with van der Waals surface area (Å²) in [5, 5.41) is 12.3. The molecule has 1 unspecified atom stereocenters. The minimum Gasteiger partial charge on any atom is -0.392 e. The Balaban J connectivity index is 2.63. The highest BCUT2D eigenvalue weighted by molar-refractivity contribution is 5.72. The fourth-order valence-corrected chi connectivity index (χ4v) is 0.541. The van der Waals surface area contributed by atoms with Crippen molar-refractivity contribution in [2.75, 3.05) is 6.61 Å². The van der Waals surface area contributed by atoms with E-state index in [0.29, 0.717) is 0 Å². The highest BCUT2D eigenvalue weighted by Crippen LogP contribution is 1.98. The van der Waals surface area contributed by atoms with Crippen molar-refractivity contribution in [3.8, 4) is 0 Å². The lowest BCUT2D eigenvalue weighted by Crippen LogP contribution is -2.53. The van der Waals surface area contributed by atoms with E-state index in [2.05, 4.69) is 10.5 Å². The average molecular weight is 127 g/mol. The van der Waals surface area contributed by atoms with Crippen LogP contribution in [0.4, 0.5) is 0 Å². The number of nitrogens with zero attached hydrogens (tertiary/aromatic N) is 1. The molecule has 0 saturated heterocycles. The molecule has 0 saturated carbocycles. The van der Waals surface area contributed by atoms with Crippen LogP contribution in [0.2, 0.25) is 0 Å². The van der Waals surface area contributed by atoms with Gasteiger partial charge in [0.2, 0.25) is 0 Å². The van der Waals surface area contributed by atoms with Gasteiger partial charge in [-0.15, -0.1) is 0 Å². The van der Waals surface area contributed by atoms with E-state index < -0.39 is 5.66 Å². The molecule has 1 aliphatic rings. The van der Waals surface area contributed by atoms with Crippen molar-refractivity contribution < 1.29 is 5.11 Å². The van der Waals surface area contributed by atoms with Gasteiger partial charge in [-0.25, -0.2) is 0 Å². The summed E-state index contributed by atoms with van der Waals surface area (Å²) in [6.07, 6.45) is 4.91. The first kappa shape index (κ1) is 6.25. The van der Waals surface area contributed by atoms with Gasteiger partial charge in [0.15, 0.2) is 0 Å². The highest BCUT2D eigenvalue weighted by atomic mass is 16.3. The van der Waals surface area contributed by atoms with E-state index in [4.69, 9.17) is 10.8 Å². The molecule has 1 heterocycles. The Kier molecular flexibility index (Phi) is 1.50. The first-order chi connectivity index (χ1) is 4.27. The molecule has 0 spiro atoms. The third-order valence-corrected chi connectivity index (χ3v) is 1.09. The standard InChI is InChI=1S/C5H9N3O/c6-5(4-9)2-1-3-7-8-5/h1-3,8-9H,4,6H2. The van der Waals surface area contributed by atoms with Gasteiger partial charge in [0.1, 0.15) is 5.66 Å². The molecule has 0 aromatic rings. The van der Waals surface area contributed by atoms with E-state index in [0.717, 1.165) is 0 Å². The Labute approximate surface area is 53.1 Å². The second-order valence-electron chi connectivity index (χ2n) is 1.95. The molecule has 0 bridgehead atoms. The molecule has 4 nitrogen and oxygen atoms in total. The lowest BCUT2D eigenvalue weighted by Gasteiger charge is -2.23. The van der Waals surface area contributed by atoms with Gasteiger partial charge in [0, 0.05) is 6.21 Å². The van der Waals surface area contributed by atoms with E-state index >= 15 is 0 Å². The molecule has 0 radical (unpaired) electrons. The average Bonchev–Trinajstić information content (AvgIpc) is 1.90. The third-order valence-electron chi connectivity index (χ3n) is 1.09. The van der Waals surface area contributed by atoms with Crippen LogP contribution < -0.4 is 11.2 Å². The molecule has 4 N–H and O–H groups in total. The molecule has 0 fully saturated rings. The molecule has 0 aromatic carbocycles. The van der Waals surface area contributed by atoms with Gasteiger partial charge in [-0.05, 0) is 12.2 Å². The van der Waals surface area contributed by atoms with Gasteiger partial charge in [0.05, 0.1) is 6.61 Å². The molecule has 1 rings (SSSR count). The zero-order valence-corrected chi connectivity index (χ0v) is 4.91. The van der Waals surface area contributed by atoms with Crippen LogP contribution in [0.15, 0.2) is 17.3 Å². The van der Waals surface area contributed by atoms with Crippen molar-refractivity contribution in [1.82, 2.24) is 5.43 Å². The summed E-state index contributed by atoms with van der Waals surface area (Å²) in [6, 6.07) is 0. The van der Waals surface area contributed by atoms with E-state index in [1.165, 1.54) is 0 Å². The maximum Gasteiger partial charge on any atom is 0.144 e. The van der Waals surface area contributed by atoms with Crippen LogP contribution in [-0.2, 0) is 0 Å². The minimum absolute atomic E-state index is 0.152. The van der Waals surface area contributed by atoms with Gasteiger partial charge in [-0.2, -0.15) is 5.10 Å². The molecular formula is C5H9N3O. The minimum atomic E-state index is -0.852. The molecule has 50 valence electrons. The Hall–Kier alpha value is -0.870. The van der Waals surface area contributed by atoms with Crippen LogP contribution in [0.1, 0.15) is 0 Å². The number of rotatable bonds is 1. The van der Waals surface area contributed by atoms with E-state index in [1.54, 1.807) is 18.4 Å². The topological polar surface area (TPSA) is 70.6 Å². The van der Waals surface area contributed by atoms with Crippen LogP contribution in [0.5, 0.6) is 0 Å². The molecule has 9 heavy (non-hydrogen) atoms. The maximum absolute atomic E-state index is 8.64. The summed E-state index contributed by atoms with van der Waals surface area (Å²) in [7, 11) is 0. The summed E-state index contributed by atoms with van der Waals surface area (Å²) >= 11 is 0. The number of nitrogens with one attached hydrogen (secondary N) is 1. The van der Waals surface area contributed by atoms with Gasteiger partial charge in [-0.1, -0.05) is 0 Å². The van der Waals surface area contributed by atoms with Crippen LogP contribution in [0.3, 0.4) is 0 Å². The first-order valence-corrected chi connectivity index (χ1v) is 2.65. The normalized spacial score (nSPS) is 32.2. The number of hydrazone groups is 1. The molecule has 0 aromatic heterocycles. The third kappa shape index (κ3) is 1.28. The SMILES string of the molecule is NC1(CO)C=CC=NN1. The maximum atomic E-state index is 8.64. The predicted octanol–water partition coefficient (Wildman–Crippen LogP) is -1.22. The Morgan fingerprint density at radius 3 is 2.89 bits per heavy atom. The van der Waals surface area contributed by atoms with Crippen molar-refractivity contribution in [2.45, 2.75) is 5.66 Å². The fraction of sp³-hybridized carbons (Fsp3) is 0.400. The fourth-order valence-electron chi connectivity index (χ4n) is 0.541. The van der Waals surface area contributed by atoms with Gasteiger partial charge in [0.25, 0.3) is 0 Å². The van der Waals surface area contributed by atoms with Gasteiger partial charge in [-0.3, -0.25) is 5.43 Å². The van der Waals surface area contributed by atoms with Crippen LogP contribution in [-0.4, -0.2) is 23.6 Å². The summed E-state index contributed by atoms with van der Waals surface area (Å²) in [4.78, 5) is 0. The van der Waals surface area contributed by atoms with Crippen molar-refractivity contribution in [2.24, 2.45) is 10.8 Å². The molecule has 0 aliphatic carbocycles. The molecule has 4 heteroatoms. The molecule has 1 aliphatic heterocycles. The second-order valence-corrected chi connectivity index (χ2v) is 1.95. The van der Waals surface area contributed by atoms with E-state index in [1.807, 2.05) is 0 Å². The lowest BCUT2D eigenvalue weighted by atomic mass is 10.2. The Bertz CT molecular complexity index is 154. The largest absolute Gasteiger partial charge is 0.392 e. The van der Waals surface area contributed by atoms with Crippen LogP contribution in [0.25, 0.3) is 0 Å².